The van der Waals surface area contributed by atoms with Crippen molar-refractivity contribution in [3.05, 3.63) is 29.3 Å². The van der Waals surface area contributed by atoms with E-state index in [0.717, 1.165) is 31.2 Å². The second kappa shape index (κ2) is 11.6. The zero-order chi connectivity index (χ0) is 18.1. The molecule has 1 aliphatic rings. The minimum Gasteiger partial charge on any atom is -0.496 e. The standard InChI is InChI=1S/C19H31N3O3.HI/c1-4-20-18(22-14-19(23)8-11-25-12-9-19)21-10-7-16-13-15(2)5-6-17(16)24-3;/h5-6,13,23H,4,7-12,14H2,1-3H3,(H2,20,21,22);1H. The highest BCUT2D eigenvalue weighted by Gasteiger charge is 2.29. The maximum absolute atomic E-state index is 10.5. The van der Waals surface area contributed by atoms with Crippen LogP contribution in [0.15, 0.2) is 23.2 Å². The fourth-order valence-corrected chi connectivity index (χ4v) is 2.90. The lowest BCUT2D eigenvalue weighted by molar-refractivity contribution is -0.0565. The van der Waals surface area contributed by atoms with Gasteiger partial charge in [-0.25, -0.2) is 0 Å². The minimum absolute atomic E-state index is 0. The van der Waals surface area contributed by atoms with Crippen molar-refractivity contribution >= 4 is 29.9 Å². The van der Waals surface area contributed by atoms with Crippen molar-refractivity contribution in [3.63, 3.8) is 0 Å². The summed E-state index contributed by atoms with van der Waals surface area (Å²) in [6, 6.07) is 6.20. The fraction of sp³-hybridized carbons (Fsp3) is 0.632. The molecule has 1 aromatic rings. The Balaban J connectivity index is 0.00000338. The van der Waals surface area contributed by atoms with Gasteiger partial charge in [0.2, 0.25) is 0 Å². The zero-order valence-corrected chi connectivity index (χ0v) is 18.3. The Labute approximate surface area is 173 Å². The van der Waals surface area contributed by atoms with Crippen molar-refractivity contribution in [2.45, 2.75) is 38.7 Å². The Morgan fingerprint density at radius 1 is 1.31 bits per heavy atom. The van der Waals surface area contributed by atoms with Crippen LogP contribution in [0.3, 0.4) is 0 Å². The summed E-state index contributed by atoms with van der Waals surface area (Å²) in [7, 11) is 1.70. The first-order chi connectivity index (χ1) is 12.1. The lowest BCUT2D eigenvalue weighted by atomic mass is 9.95. The molecular formula is C19H32IN3O3. The van der Waals surface area contributed by atoms with E-state index in [1.165, 1.54) is 11.1 Å². The van der Waals surface area contributed by atoms with Gasteiger partial charge in [0, 0.05) is 39.1 Å². The predicted octanol–water partition coefficient (Wildman–Crippen LogP) is 2.26. The molecule has 0 bridgehead atoms. The Morgan fingerprint density at radius 2 is 2.04 bits per heavy atom. The van der Waals surface area contributed by atoms with Gasteiger partial charge < -0.3 is 25.2 Å². The lowest BCUT2D eigenvalue weighted by Gasteiger charge is -2.30. The smallest absolute Gasteiger partial charge is 0.191 e. The number of ether oxygens (including phenoxy) is 2. The SMILES string of the molecule is CCNC(=NCC1(O)CCOCC1)NCCc1cc(C)ccc1OC.I. The van der Waals surface area contributed by atoms with E-state index in [0.29, 0.717) is 32.6 Å². The minimum atomic E-state index is -0.750. The second-order valence-corrected chi connectivity index (χ2v) is 6.52. The van der Waals surface area contributed by atoms with E-state index in [1.807, 2.05) is 13.0 Å². The third-order valence-corrected chi connectivity index (χ3v) is 4.42. The van der Waals surface area contributed by atoms with E-state index in [4.69, 9.17) is 9.47 Å². The van der Waals surface area contributed by atoms with Crippen LogP contribution in [-0.4, -0.2) is 56.6 Å². The largest absolute Gasteiger partial charge is 0.496 e. The van der Waals surface area contributed by atoms with Gasteiger partial charge in [0.05, 0.1) is 19.3 Å². The molecule has 0 unspecified atom stereocenters. The Kier molecular flexibility index (Phi) is 10.3. The molecule has 148 valence electrons. The maximum Gasteiger partial charge on any atom is 0.191 e. The summed E-state index contributed by atoms with van der Waals surface area (Å²) in [6.45, 7) is 7.22. The molecule has 1 heterocycles. The molecule has 3 N–H and O–H groups in total. The molecule has 1 saturated heterocycles. The van der Waals surface area contributed by atoms with Gasteiger partial charge in [0.15, 0.2) is 5.96 Å². The van der Waals surface area contributed by atoms with Crippen LogP contribution in [0, 0.1) is 6.92 Å². The number of methoxy groups -OCH3 is 1. The number of rotatable bonds is 7. The van der Waals surface area contributed by atoms with Crippen LogP contribution in [0.25, 0.3) is 0 Å². The number of halogens is 1. The number of guanidine groups is 1. The highest BCUT2D eigenvalue weighted by atomic mass is 127. The summed E-state index contributed by atoms with van der Waals surface area (Å²) in [5.41, 5.74) is 1.65. The average Bonchev–Trinajstić information content (AvgIpc) is 2.60. The lowest BCUT2D eigenvalue weighted by Crippen LogP contribution is -2.43. The summed E-state index contributed by atoms with van der Waals surface area (Å²) in [4.78, 5) is 4.56. The molecule has 26 heavy (non-hydrogen) atoms. The van der Waals surface area contributed by atoms with E-state index < -0.39 is 5.60 Å². The normalized spacial score (nSPS) is 16.5. The zero-order valence-electron chi connectivity index (χ0n) is 16.0. The summed E-state index contributed by atoms with van der Waals surface area (Å²) in [5, 5.41) is 17.1. The molecule has 7 heteroatoms. The van der Waals surface area contributed by atoms with Crippen LogP contribution in [0.5, 0.6) is 5.75 Å². The van der Waals surface area contributed by atoms with Crippen molar-refractivity contribution < 1.29 is 14.6 Å². The average molecular weight is 477 g/mol. The van der Waals surface area contributed by atoms with Gasteiger partial charge in [-0.1, -0.05) is 17.7 Å². The van der Waals surface area contributed by atoms with Gasteiger partial charge in [-0.15, -0.1) is 24.0 Å². The molecular weight excluding hydrogens is 445 g/mol. The molecule has 0 aromatic heterocycles. The number of nitrogens with zero attached hydrogens (tertiary/aromatic N) is 1. The van der Waals surface area contributed by atoms with Crippen LogP contribution in [-0.2, 0) is 11.2 Å². The molecule has 1 fully saturated rings. The Morgan fingerprint density at radius 3 is 2.69 bits per heavy atom. The summed E-state index contributed by atoms with van der Waals surface area (Å²) in [5.74, 6) is 1.64. The van der Waals surface area contributed by atoms with Gasteiger partial charge in [-0.3, -0.25) is 4.99 Å². The van der Waals surface area contributed by atoms with Crippen LogP contribution in [0.4, 0.5) is 0 Å². The maximum atomic E-state index is 10.5. The highest BCUT2D eigenvalue weighted by Crippen LogP contribution is 2.21. The van der Waals surface area contributed by atoms with Gasteiger partial charge in [-0.05, 0) is 31.9 Å². The molecule has 1 aliphatic heterocycles. The number of benzene rings is 1. The number of aliphatic hydroxyl groups is 1. The number of aliphatic imine (C=N–C) groups is 1. The topological polar surface area (TPSA) is 75.1 Å². The van der Waals surface area contributed by atoms with Gasteiger partial charge in [-0.2, -0.15) is 0 Å². The van der Waals surface area contributed by atoms with Crippen molar-refractivity contribution in [2.75, 3.05) is 40.0 Å². The number of hydrogen-bond acceptors (Lipinski definition) is 4. The summed E-state index contributed by atoms with van der Waals surface area (Å²) >= 11 is 0. The number of hydrogen-bond donors (Lipinski definition) is 3. The Hall–Kier alpha value is -1.06. The van der Waals surface area contributed by atoms with Gasteiger partial charge >= 0.3 is 0 Å². The molecule has 2 rings (SSSR count). The second-order valence-electron chi connectivity index (χ2n) is 6.52. The predicted molar refractivity (Wildman–Crippen MR) is 116 cm³/mol. The molecule has 0 saturated carbocycles. The third kappa shape index (κ3) is 7.28. The van der Waals surface area contributed by atoms with Gasteiger partial charge in [0.25, 0.3) is 0 Å². The summed E-state index contributed by atoms with van der Waals surface area (Å²) in [6.07, 6.45) is 2.11. The first-order valence-electron chi connectivity index (χ1n) is 9.02. The summed E-state index contributed by atoms with van der Waals surface area (Å²) < 4.78 is 10.7. The van der Waals surface area contributed by atoms with E-state index in [9.17, 15) is 5.11 Å². The molecule has 6 nitrogen and oxygen atoms in total. The van der Waals surface area contributed by atoms with E-state index in [1.54, 1.807) is 7.11 Å². The van der Waals surface area contributed by atoms with Crippen molar-refractivity contribution in [3.8, 4) is 5.75 Å². The quantitative estimate of drug-likeness (QED) is 0.319. The highest BCUT2D eigenvalue weighted by molar-refractivity contribution is 14.0. The first kappa shape index (κ1) is 23.0. The van der Waals surface area contributed by atoms with E-state index in [-0.39, 0.29) is 24.0 Å². The monoisotopic (exact) mass is 477 g/mol. The molecule has 0 atom stereocenters. The molecule has 0 amide bonds. The van der Waals surface area contributed by atoms with Crippen molar-refractivity contribution in [1.29, 1.82) is 0 Å². The number of nitrogens with one attached hydrogen (secondary N) is 2. The number of aryl methyl sites for hydroxylation is 1. The molecule has 0 radical (unpaired) electrons. The molecule has 0 spiro atoms. The van der Waals surface area contributed by atoms with Crippen molar-refractivity contribution in [1.82, 2.24) is 10.6 Å². The van der Waals surface area contributed by atoms with Crippen LogP contribution in [0.1, 0.15) is 30.9 Å². The van der Waals surface area contributed by atoms with E-state index in [2.05, 4.69) is 34.7 Å². The molecule has 0 aliphatic carbocycles. The van der Waals surface area contributed by atoms with Crippen LogP contribution in [0.2, 0.25) is 0 Å². The first-order valence-corrected chi connectivity index (χ1v) is 9.02. The molecule has 1 aromatic carbocycles. The third-order valence-electron chi connectivity index (χ3n) is 4.42. The fourth-order valence-electron chi connectivity index (χ4n) is 2.90. The Bertz CT molecular complexity index is 575. The van der Waals surface area contributed by atoms with Gasteiger partial charge in [0.1, 0.15) is 5.75 Å². The van der Waals surface area contributed by atoms with Crippen LogP contribution < -0.4 is 15.4 Å². The van der Waals surface area contributed by atoms with E-state index >= 15 is 0 Å². The van der Waals surface area contributed by atoms with Crippen molar-refractivity contribution in [2.24, 2.45) is 4.99 Å². The van der Waals surface area contributed by atoms with Crippen LogP contribution >= 0.6 is 24.0 Å².